The van der Waals surface area contributed by atoms with Crippen LogP contribution in [0.2, 0.25) is 0 Å². The van der Waals surface area contributed by atoms with Crippen molar-refractivity contribution in [2.45, 2.75) is 20.3 Å². The third-order valence-corrected chi connectivity index (χ3v) is 5.47. The molecule has 2 aromatic heterocycles. The van der Waals surface area contributed by atoms with Crippen LogP contribution in [-0.2, 0) is 6.42 Å². The lowest BCUT2D eigenvalue weighted by Gasteiger charge is -2.11. The maximum atomic E-state index is 5.61. The molecular formula is C13H14Br2IN3O. The Kier molecular flexibility index (Phi) is 5.47. The summed E-state index contributed by atoms with van der Waals surface area (Å²) in [5.74, 6) is 2.60. The summed E-state index contributed by atoms with van der Waals surface area (Å²) in [6, 6.07) is 1.87. The average Bonchev–Trinajstić information content (AvgIpc) is 2.71. The van der Waals surface area contributed by atoms with Crippen molar-refractivity contribution >= 4 is 60.3 Å². The zero-order chi connectivity index (χ0) is 14.9. The molecule has 0 aromatic carbocycles. The second-order valence-electron chi connectivity index (χ2n) is 4.74. The molecule has 0 aliphatic rings. The lowest BCUT2D eigenvalue weighted by Crippen LogP contribution is -2.07. The zero-order valence-electron chi connectivity index (χ0n) is 11.3. The fourth-order valence-electron chi connectivity index (χ4n) is 1.75. The van der Waals surface area contributed by atoms with Crippen LogP contribution in [0.3, 0.4) is 0 Å². The van der Waals surface area contributed by atoms with Crippen LogP contribution in [0.15, 0.2) is 19.6 Å². The first kappa shape index (κ1) is 16.2. The quantitative estimate of drug-likeness (QED) is 0.576. The molecule has 0 saturated carbocycles. The van der Waals surface area contributed by atoms with E-state index in [-0.39, 0.29) is 0 Å². The van der Waals surface area contributed by atoms with Crippen LogP contribution in [0.4, 0.5) is 5.82 Å². The van der Waals surface area contributed by atoms with Crippen LogP contribution >= 0.6 is 54.5 Å². The Labute approximate surface area is 148 Å². The Balaban J connectivity index is 2.53. The van der Waals surface area contributed by atoms with Gasteiger partial charge in [0, 0.05) is 13.1 Å². The van der Waals surface area contributed by atoms with Crippen LogP contribution in [0.25, 0.3) is 11.6 Å². The second-order valence-corrected chi connectivity index (χ2v) is 7.39. The van der Waals surface area contributed by atoms with Gasteiger partial charge in [0.05, 0.1) is 13.7 Å². The Morgan fingerprint density at radius 3 is 2.55 bits per heavy atom. The molecule has 2 aromatic rings. The minimum Gasteiger partial charge on any atom is -0.445 e. The third kappa shape index (κ3) is 3.54. The first-order valence-electron chi connectivity index (χ1n) is 6.11. The molecule has 0 radical (unpaired) electrons. The summed E-state index contributed by atoms with van der Waals surface area (Å²) in [5, 5.41) is 3.12. The van der Waals surface area contributed by atoms with Crippen molar-refractivity contribution in [2.75, 3.05) is 12.4 Å². The molecule has 108 valence electrons. The summed E-state index contributed by atoms with van der Waals surface area (Å²) in [7, 11) is 1.86. The Morgan fingerprint density at radius 1 is 1.35 bits per heavy atom. The highest BCUT2D eigenvalue weighted by molar-refractivity contribution is 14.1. The van der Waals surface area contributed by atoms with Gasteiger partial charge in [0.25, 0.3) is 0 Å². The van der Waals surface area contributed by atoms with E-state index in [9.17, 15) is 0 Å². The molecule has 0 saturated heterocycles. The molecule has 1 N–H and O–H groups in total. The number of hydrogen-bond acceptors (Lipinski definition) is 4. The van der Waals surface area contributed by atoms with Crippen LogP contribution in [0, 0.1) is 9.49 Å². The van der Waals surface area contributed by atoms with Crippen LogP contribution in [0.1, 0.15) is 19.5 Å². The van der Waals surface area contributed by atoms with Crippen molar-refractivity contribution in [1.82, 2.24) is 9.97 Å². The normalized spacial score (nSPS) is 11.2. The molecule has 0 unspecified atom stereocenters. The Morgan fingerprint density at radius 2 is 2.05 bits per heavy atom. The molecule has 0 aliphatic heterocycles. The number of hydrogen-bond donors (Lipinski definition) is 1. The van der Waals surface area contributed by atoms with Crippen molar-refractivity contribution < 1.29 is 4.42 Å². The third-order valence-electron chi connectivity index (χ3n) is 2.62. The first-order valence-corrected chi connectivity index (χ1v) is 8.78. The van der Waals surface area contributed by atoms with Gasteiger partial charge in [-0.2, -0.15) is 0 Å². The van der Waals surface area contributed by atoms with Crippen molar-refractivity contribution in [1.29, 1.82) is 0 Å². The van der Waals surface area contributed by atoms with E-state index in [1.54, 1.807) is 0 Å². The molecule has 0 amide bonds. The van der Waals surface area contributed by atoms with Gasteiger partial charge in [-0.15, -0.1) is 0 Å². The number of furan rings is 1. The van der Waals surface area contributed by atoms with Gasteiger partial charge in [0.1, 0.15) is 5.82 Å². The smallest absolute Gasteiger partial charge is 0.198 e. The van der Waals surface area contributed by atoms with Gasteiger partial charge in [-0.1, -0.05) is 13.8 Å². The average molecular weight is 515 g/mol. The molecule has 4 nitrogen and oxygen atoms in total. The number of aromatic nitrogens is 2. The number of nitrogens with zero attached hydrogens (tertiary/aromatic N) is 2. The topological polar surface area (TPSA) is 51.0 Å². The molecule has 7 heteroatoms. The van der Waals surface area contributed by atoms with E-state index in [0.717, 1.165) is 26.0 Å². The molecule has 2 rings (SSSR count). The Bertz CT molecular complexity index is 609. The van der Waals surface area contributed by atoms with Crippen molar-refractivity contribution in [3.8, 4) is 11.6 Å². The minimum atomic E-state index is 0.533. The molecule has 0 bridgehead atoms. The summed E-state index contributed by atoms with van der Waals surface area (Å²) in [5.41, 5.74) is 1.04. The molecule has 0 fully saturated rings. The van der Waals surface area contributed by atoms with E-state index in [4.69, 9.17) is 4.42 Å². The zero-order valence-corrected chi connectivity index (χ0v) is 16.6. The highest BCUT2D eigenvalue weighted by Gasteiger charge is 2.17. The van der Waals surface area contributed by atoms with E-state index in [2.05, 4.69) is 83.6 Å². The van der Waals surface area contributed by atoms with Crippen molar-refractivity contribution in [3.63, 3.8) is 0 Å². The van der Waals surface area contributed by atoms with Gasteiger partial charge in [-0.25, -0.2) is 9.97 Å². The van der Waals surface area contributed by atoms with Crippen LogP contribution in [0.5, 0.6) is 0 Å². The molecular weight excluding hydrogens is 501 g/mol. The van der Waals surface area contributed by atoms with Crippen molar-refractivity contribution in [2.24, 2.45) is 5.92 Å². The van der Waals surface area contributed by atoms with Gasteiger partial charge in [0.15, 0.2) is 16.3 Å². The van der Waals surface area contributed by atoms with Crippen LogP contribution in [-0.4, -0.2) is 17.0 Å². The van der Waals surface area contributed by atoms with E-state index in [1.165, 1.54) is 0 Å². The van der Waals surface area contributed by atoms with E-state index in [1.807, 2.05) is 13.1 Å². The lowest BCUT2D eigenvalue weighted by molar-refractivity contribution is 0.548. The summed E-state index contributed by atoms with van der Waals surface area (Å²) in [4.78, 5) is 9.17. The van der Waals surface area contributed by atoms with Gasteiger partial charge >= 0.3 is 0 Å². The lowest BCUT2D eigenvalue weighted by atomic mass is 10.1. The summed E-state index contributed by atoms with van der Waals surface area (Å²) in [6.45, 7) is 4.36. The Hall–Kier alpha value is -0.150. The number of rotatable bonds is 4. The predicted octanol–water partition coefficient (Wildman–Crippen LogP) is 5.11. The summed E-state index contributed by atoms with van der Waals surface area (Å²) >= 11 is 9.03. The molecule has 0 atom stereocenters. The second kappa shape index (κ2) is 6.74. The largest absolute Gasteiger partial charge is 0.445 e. The van der Waals surface area contributed by atoms with Gasteiger partial charge in [-0.3, -0.25) is 0 Å². The first-order chi connectivity index (χ1) is 9.42. The maximum absolute atomic E-state index is 5.61. The fraction of sp³-hybridized carbons (Fsp3) is 0.385. The van der Waals surface area contributed by atoms with Crippen molar-refractivity contribution in [3.05, 3.63) is 24.5 Å². The van der Waals surface area contributed by atoms with E-state index < -0.39 is 0 Å². The summed E-state index contributed by atoms with van der Waals surface area (Å²) in [6.07, 6.45) is 0.908. The van der Waals surface area contributed by atoms with Gasteiger partial charge < -0.3 is 9.73 Å². The van der Waals surface area contributed by atoms with E-state index in [0.29, 0.717) is 22.2 Å². The van der Waals surface area contributed by atoms with Gasteiger partial charge in [-0.05, 0) is 66.8 Å². The number of halogens is 3. The highest BCUT2D eigenvalue weighted by atomic mass is 127. The molecule has 0 spiro atoms. The SMILES string of the molecule is CNc1nc(-c2cc(Br)c(Br)o2)nc(CC(C)C)c1I. The predicted molar refractivity (Wildman–Crippen MR) is 95.9 cm³/mol. The summed E-state index contributed by atoms with van der Waals surface area (Å²) < 4.78 is 8.17. The number of nitrogens with one attached hydrogen (secondary N) is 1. The maximum Gasteiger partial charge on any atom is 0.198 e. The molecule has 20 heavy (non-hydrogen) atoms. The molecule has 2 heterocycles. The van der Waals surface area contributed by atoms with Gasteiger partial charge in [0.2, 0.25) is 0 Å². The molecule has 0 aliphatic carbocycles. The number of anilines is 1. The van der Waals surface area contributed by atoms with Crippen LogP contribution < -0.4 is 5.32 Å². The highest BCUT2D eigenvalue weighted by Crippen LogP contribution is 2.33. The minimum absolute atomic E-state index is 0.533. The van der Waals surface area contributed by atoms with E-state index >= 15 is 0 Å². The monoisotopic (exact) mass is 513 g/mol. The standard InChI is InChI=1S/C13H14Br2IN3O/c1-6(2)4-8-10(16)13(17-3)19-12(18-8)9-5-7(14)11(15)20-9/h5-6H,4H2,1-3H3,(H,17,18,19). The fourth-order valence-corrected chi connectivity index (χ4v) is 3.06.